The monoisotopic (exact) mass is 364 g/mol. The molecule has 1 saturated heterocycles. The summed E-state index contributed by atoms with van der Waals surface area (Å²) in [6, 6.07) is 3.71. The molecule has 6 heteroatoms. The van der Waals surface area contributed by atoms with Gasteiger partial charge in [0.25, 0.3) is 0 Å². The van der Waals surface area contributed by atoms with Crippen LogP contribution in [0.1, 0.15) is 38.3 Å². The van der Waals surface area contributed by atoms with E-state index < -0.39 is 5.60 Å². The van der Waals surface area contributed by atoms with Crippen LogP contribution in [0.15, 0.2) is 17.1 Å². The molecule has 1 aromatic carbocycles. The smallest absolute Gasteiger partial charge is 0.410 e. The standard InChI is InChI=1S/C19H25ClN2O3/c1-11-13-9-16(21-15(13)7-6-14(11)20)17-8-12(24-5)10-22(17)18(23)25-19(2,3)4/h6-7,12,17H,8-10H2,1-5H3/t12-,17-/m0/s1. The molecule has 25 heavy (non-hydrogen) atoms. The first-order valence-electron chi connectivity index (χ1n) is 8.57. The summed E-state index contributed by atoms with van der Waals surface area (Å²) in [5, 5.41) is 0.750. The lowest BCUT2D eigenvalue weighted by Gasteiger charge is -2.28. The summed E-state index contributed by atoms with van der Waals surface area (Å²) in [4.78, 5) is 19.2. The molecule has 0 spiro atoms. The van der Waals surface area contributed by atoms with Crippen molar-refractivity contribution in [3.8, 4) is 0 Å². The second-order valence-corrected chi connectivity index (χ2v) is 8.10. The van der Waals surface area contributed by atoms with Crippen molar-refractivity contribution < 1.29 is 14.3 Å². The highest BCUT2D eigenvalue weighted by molar-refractivity contribution is 6.31. The van der Waals surface area contributed by atoms with Crippen molar-refractivity contribution >= 4 is 29.1 Å². The van der Waals surface area contributed by atoms with Crippen molar-refractivity contribution in [1.29, 1.82) is 0 Å². The summed E-state index contributed by atoms with van der Waals surface area (Å²) in [5.41, 5.74) is 3.60. The van der Waals surface area contributed by atoms with Gasteiger partial charge in [0, 0.05) is 30.7 Å². The number of aliphatic imine (C=N–C) groups is 1. The average Bonchev–Trinajstić information content (AvgIpc) is 3.13. The summed E-state index contributed by atoms with van der Waals surface area (Å²) in [5.74, 6) is 0. The van der Waals surface area contributed by atoms with Crippen molar-refractivity contribution in [2.75, 3.05) is 13.7 Å². The molecule has 0 aliphatic carbocycles. The van der Waals surface area contributed by atoms with Gasteiger partial charge in [-0.15, -0.1) is 0 Å². The number of likely N-dealkylation sites (tertiary alicyclic amines) is 1. The number of rotatable bonds is 2. The van der Waals surface area contributed by atoms with Crippen LogP contribution < -0.4 is 0 Å². The maximum Gasteiger partial charge on any atom is 0.410 e. The van der Waals surface area contributed by atoms with Crippen LogP contribution in [0.4, 0.5) is 10.5 Å². The van der Waals surface area contributed by atoms with E-state index in [2.05, 4.69) is 0 Å². The van der Waals surface area contributed by atoms with Gasteiger partial charge in [-0.2, -0.15) is 0 Å². The number of carbonyl (C=O) groups excluding carboxylic acids is 1. The fourth-order valence-corrected chi connectivity index (χ4v) is 3.59. The number of fused-ring (bicyclic) bond motifs is 1. The van der Waals surface area contributed by atoms with Crippen molar-refractivity contribution in [1.82, 2.24) is 4.90 Å². The van der Waals surface area contributed by atoms with Crippen LogP contribution in [-0.2, 0) is 15.9 Å². The van der Waals surface area contributed by atoms with E-state index in [-0.39, 0.29) is 18.2 Å². The molecule has 2 heterocycles. The van der Waals surface area contributed by atoms with E-state index >= 15 is 0 Å². The normalized spacial score (nSPS) is 22.8. The molecular weight excluding hydrogens is 340 g/mol. The summed E-state index contributed by atoms with van der Waals surface area (Å²) >= 11 is 6.24. The molecule has 1 amide bonds. The largest absolute Gasteiger partial charge is 0.444 e. The zero-order valence-electron chi connectivity index (χ0n) is 15.4. The van der Waals surface area contributed by atoms with E-state index in [1.54, 1.807) is 12.0 Å². The molecule has 1 aromatic rings. The maximum absolute atomic E-state index is 12.7. The molecule has 0 unspecified atom stereocenters. The summed E-state index contributed by atoms with van der Waals surface area (Å²) < 4.78 is 11.1. The Morgan fingerprint density at radius 1 is 1.36 bits per heavy atom. The fraction of sp³-hybridized carbons (Fsp3) is 0.579. The van der Waals surface area contributed by atoms with E-state index in [0.29, 0.717) is 13.0 Å². The summed E-state index contributed by atoms with van der Waals surface area (Å²) in [6.45, 7) is 8.15. The van der Waals surface area contributed by atoms with Gasteiger partial charge in [-0.3, -0.25) is 9.89 Å². The zero-order chi connectivity index (χ0) is 18.4. The Balaban J connectivity index is 1.85. The lowest BCUT2D eigenvalue weighted by Crippen LogP contribution is -2.43. The molecule has 2 aliphatic heterocycles. The minimum absolute atomic E-state index is 0.00591. The molecule has 0 N–H and O–H groups in total. The number of hydrogen-bond acceptors (Lipinski definition) is 4. The van der Waals surface area contributed by atoms with Crippen LogP contribution in [0.5, 0.6) is 0 Å². The quantitative estimate of drug-likeness (QED) is 0.786. The van der Waals surface area contributed by atoms with Gasteiger partial charge in [-0.1, -0.05) is 11.6 Å². The van der Waals surface area contributed by atoms with E-state index in [4.69, 9.17) is 26.1 Å². The first-order chi connectivity index (χ1) is 11.7. The lowest BCUT2D eigenvalue weighted by atomic mass is 9.99. The molecule has 0 saturated carbocycles. The topological polar surface area (TPSA) is 51.1 Å². The van der Waals surface area contributed by atoms with Gasteiger partial charge in [0.15, 0.2) is 0 Å². The van der Waals surface area contributed by atoms with Gasteiger partial charge in [0.1, 0.15) is 5.60 Å². The van der Waals surface area contributed by atoms with Crippen molar-refractivity contribution in [2.24, 2.45) is 4.99 Å². The highest BCUT2D eigenvalue weighted by Gasteiger charge is 2.41. The first-order valence-corrected chi connectivity index (χ1v) is 8.95. The van der Waals surface area contributed by atoms with Crippen LogP contribution >= 0.6 is 11.6 Å². The molecule has 3 rings (SSSR count). The van der Waals surface area contributed by atoms with Crippen molar-refractivity contribution in [2.45, 2.75) is 58.3 Å². The maximum atomic E-state index is 12.7. The molecule has 0 radical (unpaired) electrons. The Kier molecular flexibility index (Phi) is 4.82. The van der Waals surface area contributed by atoms with E-state index in [9.17, 15) is 4.79 Å². The van der Waals surface area contributed by atoms with Crippen LogP contribution in [0.3, 0.4) is 0 Å². The minimum Gasteiger partial charge on any atom is -0.444 e. The van der Waals surface area contributed by atoms with Crippen LogP contribution in [-0.4, -0.2) is 48.1 Å². The highest BCUT2D eigenvalue weighted by atomic mass is 35.5. The van der Waals surface area contributed by atoms with E-state index in [1.807, 2.05) is 39.8 Å². The molecule has 2 atom stereocenters. The number of benzene rings is 1. The Bertz CT molecular complexity index is 724. The Morgan fingerprint density at radius 3 is 2.72 bits per heavy atom. The van der Waals surface area contributed by atoms with E-state index in [1.165, 1.54) is 0 Å². The summed E-state index contributed by atoms with van der Waals surface area (Å²) in [7, 11) is 1.68. The van der Waals surface area contributed by atoms with Gasteiger partial charge in [-0.05, 0) is 51.0 Å². The molecule has 0 aromatic heterocycles. The molecule has 5 nitrogen and oxygen atoms in total. The Labute approximate surface area is 154 Å². The van der Waals surface area contributed by atoms with Crippen LogP contribution in [0.25, 0.3) is 0 Å². The number of nitrogens with zero attached hydrogens (tertiary/aromatic N) is 2. The van der Waals surface area contributed by atoms with Gasteiger partial charge in [0.05, 0.1) is 24.4 Å². The summed E-state index contributed by atoms with van der Waals surface area (Å²) in [6.07, 6.45) is 1.12. The minimum atomic E-state index is -0.530. The molecule has 0 bridgehead atoms. The van der Waals surface area contributed by atoms with Crippen molar-refractivity contribution in [3.63, 3.8) is 0 Å². The number of methoxy groups -OCH3 is 1. The predicted molar refractivity (Wildman–Crippen MR) is 99.1 cm³/mol. The second-order valence-electron chi connectivity index (χ2n) is 7.69. The van der Waals surface area contributed by atoms with Gasteiger partial charge < -0.3 is 9.47 Å². The van der Waals surface area contributed by atoms with Crippen LogP contribution in [0.2, 0.25) is 5.02 Å². The number of halogens is 1. The first kappa shape index (κ1) is 18.2. The molecule has 1 fully saturated rings. The molecule has 136 valence electrons. The molecular formula is C19H25ClN2O3. The lowest BCUT2D eigenvalue weighted by molar-refractivity contribution is 0.0229. The Morgan fingerprint density at radius 2 is 2.08 bits per heavy atom. The second kappa shape index (κ2) is 6.61. The third-order valence-corrected chi connectivity index (χ3v) is 5.15. The van der Waals surface area contributed by atoms with Gasteiger partial charge >= 0.3 is 6.09 Å². The number of amides is 1. The third kappa shape index (κ3) is 3.67. The number of carbonyl (C=O) groups is 1. The van der Waals surface area contributed by atoms with Crippen LogP contribution in [0, 0.1) is 6.92 Å². The SMILES string of the molecule is CO[C@H]1C[C@@H](C2=Nc3ccc(Cl)c(C)c3C2)N(C(=O)OC(C)(C)C)C1. The Hall–Kier alpha value is -1.59. The van der Waals surface area contributed by atoms with Gasteiger partial charge in [0.2, 0.25) is 0 Å². The fourth-order valence-electron chi connectivity index (χ4n) is 3.42. The van der Waals surface area contributed by atoms with E-state index in [0.717, 1.165) is 34.0 Å². The highest BCUT2D eigenvalue weighted by Crippen LogP contribution is 2.36. The zero-order valence-corrected chi connectivity index (χ0v) is 16.2. The van der Waals surface area contributed by atoms with Crippen molar-refractivity contribution in [3.05, 3.63) is 28.3 Å². The average molecular weight is 365 g/mol. The predicted octanol–water partition coefficient (Wildman–Crippen LogP) is 4.30. The number of ether oxygens (including phenoxy) is 2. The third-order valence-electron chi connectivity index (χ3n) is 4.74. The number of hydrogen-bond donors (Lipinski definition) is 0. The molecule has 2 aliphatic rings. The van der Waals surface area contributed by atoms with Gasteiger partial charge in [-0.25, -0.2) is 4.79 Å².